The van der Waals surface area contributed by atoms with Crippen LogP contribution >= 0.6 is 0 Å². The Balaban J connectivity index is 1.34. The number of aromatic nitrogens is 3. The molecule has 0 aliphatic rings. The molecule has 164 valence electrons. The summed E-state index contributed by atoms with van der Waals surface area (Å²) in [4.78, 5) is 12.6. The number of para-hydroxylation sites is 2. The van der Waals surface area contributed by atoms with Crippen LogP contribution in [-0.2, 0) is 6.54 Å². The summed E-state index contributed by atoms with van der Waals surface area (Å²) in [5, 5.41) is 5.45. The molecule has 0 spiro atoms. The number of nitrogens with one attached hydrogen (secondary N) is 2. The normalized spacial score (nSPS) is 11.2. The fraction of sp³-hybridized carbons (Fsp3) is 0.0345. The molecule has 0 atom stereocenters. The molecule has 0 amide bonds. The van der Waals surface area contributed by atoms with E-state index in [4.69, 9.17) is 10.7 Å². The van der Waals surface area contributed by atoms with Gasteiger partial charge in [-0.15, -0.1) is 0 Å². The molecule has 0 aliphatic carbocycles. The number of hydrogen-bond acceptors (Lipinski definition) is 4. The van der Waals surface area contributed by atoms with Crippen molar-refractivity contribution in [3.8, 4) is 22.4 Å². The van der Waals surface area contributed by atoms with Crippen LogP contribution in [0.3, 0.4) is 0 Å². The third kappa shape index (κ3) is 3.73. The van der Waals surface area contributed by atoms with E-state index in [0.29, 0.717) is 12.4 Å². The number of anilines is 2. The van der Waals surface area contributed by atoms with Gasteiger partial charge in [0.15, 0.2) is 0 Å². The summed E-state index contributed by atoms with van der Waals surface area (Å²) in [5.74, 6) is 1.29. The maximum Gasteiger partial charge on any atom is 0.201 e. The number of imidazole rings is 1. The topological polar surface area (TPSA) is 79.6 Å². The average molecular weight is 442 g/mol. The van der Waals surface area contributed by atoms with E-state index in [-0.39, 0.29) is 0 Å². The Morgan fingerprint density at radius 3 is 2.38 bits per heavy atom. The Bertz CT molecular complexity index is 1590. The smallest absolute Gasteiger partial charge is 0.201 e. The minimum atomic E-state index is 0.538. The number of nitrogens with two attached hydrogens (primary N) is 1. The summed E-state index contributed by atoms with van der Waals surface area (Å²) in [5.41, 5.74) is 13.7. The van der Waals surface area contributed by atoms with E-state index in [1.165, 1.54) is 0 Å². The number of hydrogen-bond donors (Lipinski definition) is 3. The Labute approximate surface area is 197 Å². The number of aromatic amines is 1. The van der Waals surface area contributed by atoms with E-state index < -0.39 is 0 Å². The summed E-state index contributed by atoms with van der Waals surface area (Å²) in [7, 11) is 0. The maximum absolute atomic E-state index is 6.42. The molecular formula is C29H23N5. The van der Waals surface area contributed by atoms with Crippen molar-refractivity contribution in [1.29, 1.82) is 0 Å². The summed E-state index contributed by atoms with van der Waals surface area (Å²) in [6, 6.07) is 35.1. The van der Waals surface area contributed by atoms with Crippen LogP contribution in [0, 0.1) is 0 Å². The van der Waals surface area contributed by atoms with Crippen molar-refractivity contribution >= 4 is 33.6 Å². The fourth-order valence-corrected chi connectivity index (χ4v) is 4.38. The minimum absolute atomic E-state index is 0.538. The van der Waals surface area contributed by atoms with Gasteiger partial charge in [-0.25, -0.2) is 9.97 Å². The number of pyridine rings is 1. The van der Waals surface area contributed by atoms with Crippen LogP contribution in [0.1, 0.15) is 5.56 Å². The molecule has 5 heteroatoms. The molecule has 0 radical (unpaired) electrons. The monoisotopic (exact) mass is 441 g/mol. The van der Waals surface area contributed by atoms with Crippen LogP contribution in [0.15, 0.2) is 103 Å². The van der Waals surface area contributed by atoms with E-state index in [9.17, 15) is 0 Å². The van der Waals surface area contributed by atoms with Gasteiger partial charge >= 0.3 is 0 Å². The zero-order valence-electron chi connectivity index (χ0n) is 18.5. The first-order valence-electron chi connectivity index (χ1n) is 11.3. The highest BCUT2D eigenvalue weighted by molar-refractivity contribution is 6.03. The second-order valence-corrected chi connectivity index (χ2v) is 8.32. The van der Waals surface area contributed by atoms with Gasteiger partial charge in [-0.3, -0.25) is 0 Å². The Morgan fingerprint density at radius 1 is 0.706 bits per heavy atom. The molecule has 0 bridgehead atoms. The van der Waals surface area contributed by atoms with Crippen molar-refractivity contribution in [3.63, 3.8) is 0 Å². The molecule has 0 saturated carbocycles. The predicted octanol–water partition coefficient (Wildman–Crippen LogP) is 6.64. The molecule has 0 unspecified atom stereocenters. The first-order valence-corrected chi connectivity index (χ1v) is 11.3. The van der Waals surface area contributed by atoms with E-state index >= 15 is 0 Å². The van der Waals surface area contributed by atoms with E-state index in [0.717, 1.165) is 55.7 Å². The maximum atomic E-state index is 6.42. The van der Waals surface area contributed by atoms with Crippen molar-refractivity contribution in [2.24, 2.45) is 0 Å². The van der Waals surface area contributed by atoms with Crippen molar-refractivity contribution in [2.75, 3.05) is 11.1 Å². The van der Waals surface area contributed by atoms with Crippen molar-refractivity contribution < 1.29 is 0 Å². The van der Waals surface area contributed by atoms with Gasteiger partial charge in [-0.05, 0) is 46.3 Å². The van der Waals surface area contributed by atoms with Gasteiger partial charge in [0.2, 0.25) is 5.95 Å². The lowest BCUT2D eigenvalue weighted by Gasteiger charge is -2.12. The van der Waals surface area contributed by atoms with Crippen molar-refractivity contribution in [1.82, 2.24) is 15.0 Å². The number of rotatable bonds is 5. The van der Waals surface area contributed by atoms with Gasteiger partial charge in [0, 0.05) is 17.5 Å². The molecule has 4 aromatic carbocycles. The quantitative estimate of drug-likeness (QED) is 0.280. The third-order valence-corrected chi connectivity index (χ3v) is 6.06. The first-order chi connectivity index (χ1) is 16.7. The van der Waals surface area contributed by atoms with Crippen LogP contribution in [0.2, 0.25) is 0 Å². The van der Waals surface area contributed by atoms with Gasteiger partial charge < -0.3 is 16.0 Å². The number of benzene rings is 4. The molecule has 2 heterocycles. The van der Waals surface area contributed by atoms with Gasteiger partial charge in [0.05, 0.1) is 16.7 Å². The highest BCUT2D eigenvalue weighted by Crippen LogP contribution is 2.34. The number of nitrogens with zero attached hydrogens (tertiary/aromatic N) is 2. The lowest BCUT2D eigenvalue weighted by atomic mass is 9.97. The second kappa shape index (κ2) is 8.37. The Hall–Kier alpha value is -4.64. The summed E-state index contributed by atoms with van der Waals surface area (Å²) < 4.78 is 0. The highest BCUT2D eigenvalue weighted by Gasteiger charge is 2.11. The number of H-pyrrole nitrogens is 1. The van der Waals surface area contributed by atoms with Gasteiger partial charge in [0.1, 0.15) is 5.82 Å². The zero-order valence-corrected chi connectivity index (χ0v) is 18.5. The average Bonchev–Trinajstić information content (AvgIpc) is 3.31. The Kier molecular flexibility index (Phi) is 4.92. The molecule has 4 N–H and O–H groups in total. The molecule has 34 heavy (non-hydrogen) atoms. The third-order valence-electron chi connectivity index (χ3n) is 6.06. The number of fused-ring (bicyclic) bond motifs is 2. The largest absolute Gasteiger partial charge is 0.383 e. The molecule has 0 saturated heterocycles. The van der Waals surface area contributed by atoms with E-state index in [1.807, 2.05) is 42.5 Å². The van der Waals surface area contributed by atoms with E-state index in [2.05, 4.69) is 75.9 Å². The van der Waals surface area contributed by atoms with Gasteiger partial charge in [-0.1, -0.05) is 78.9 Å². The predicted molar refractivity (Wildman–Crippen MR) is 140 cm³/mol. The first kappa shape index (κ1) is 20.0. The molecular weight excluding hydrogens is 418 g/mol. The molecule has 6 rings (SSSR count). The lowest BCUT2D eigenvalue weighted by molar-refractivity contribution is 1.10. The molecule has 0 aliphatic heterocycles. The number of nitrogen functional groups attached to an aromatic ring is 1. The lowest BCUT2D eigenvalue weighted by Crippen LogP contribution is -2.01. The second-order valence-electron chi connectivity index (χ2n) is 8.32. The van der Waals surface area contributed by atoms with Gasteiger partial charge in [-0.2, -0.15) is 0 Å². The minimum Gasteiger partial charge on any atom is -0.383 e. The van der Waals surface area contributed by atoms with Crippen LogP contribution in [-0.4, -0.2) is 15.0 Å². The molecule has 5 nitrogen and oxygen atoms in total. The summed E-state index contributed by atoms with van der Waals surface area (Å²) in [6.07, 6.45) is 0. The summed E-state index contributed by atoms with van der Waals surface area (Å²) in [6.45, 7) is 0.645. The SMILES string of the molecule is Nc1nc(-c2cccc(CNc3nc4ccccc4[nH]3)c2)cc2c(-c3ccccc3)cccc12. The van der Waals surface area contributed by atoms with E-state index in [1.54, 1.807) is 0 Å². The summed E-state index contributed by atoms with van der Waals surface area (Å²) >= 11 is 0. The van der Waals surface area contributed by atoms with Crippen molar-refractivity contribution in [3.05, 3.63) is 109 Å². The van der Waals surface area contributed by atoms with Crippen LogP contribution in [0.5, 0.6) is 0 Å². The van der Waals surface area contributed by atoms with Crippen molar-refractivity contribution in [2.45, 2.75) is 6.54 Å². The standard InChI is InChI=1S/C29H23N5/c30-28-23-13-7-12-22(20-9-2-1-3-10-20)24(23)17-27(32-28)21-11-6-8-19(16-21)18-31-29-33-25-14-4-5-15-26(25)34-29/h1-17H,18H2,(H2,30,32)(H2,31,33,34). The fourth-order valence-electron chi connectivity index (χ4n) is 4.38. The van der Waals surface area contributed by atoms with Gasteiger partial charge in [0.25, 0.3) is 0 Å². The highest BCUT2D eigenvalue weighted by atomic mass is 15.1. The Morgan fingerprint density at radius 2 is 1.50 bits per heavy atom. The molecule has 2 aromatic heterocycles. The molecule has 0 fully saturated rings. The van der Waals surface area contributed by atoms with Crippen LogP contribution in [0.25, 0.3) is 44.2 Å². The van der Waals surface area contributed by atoms with Crippen LogP contribution < -0.4 is 11.1 Å². The van der Waals surface area contributed by atoms with Crippen LogP contribution in [0.4, 0.5) is 11.8 Å². The molecule has 6 aromatic rings. The zero-order chi connectivity index (χ0) is 22.9.